The molecule has 1 rings (SSSR count). The molecule has 9 heavy (non-hydrogen) atoms. The molecule has 0 radical (unpaired) electrons. The van der Waals surface area contributed by atoms with Crippen molar-refractivity contribution >= 4 is 25.1 Å². The van der Waals surface area contributed by atoms with Crippen molar-refractivity contribution in [2.24, 2.45) is 0 Å². The van der Waals surface area contributed by atoms with E-state index in [-0.39, 0.29) is 24.9 Å². The molecular weight excluding hydrogens is 111 g/mol. The third-order valence-corrected chi connectivity index (χ3v) is 1.24. The SMILES string of the molecule is O=CC1CNCCN1.[LiH]. The molecule has 0 aromatic carbocycles. The van der Waals surface area contributed by atoms with E-state index in [1.54, 1.807) is 0 Å². The van der Waals surface area contributed by atoms with Crippen LogP contribution in [0.25, 0.3) is 0 Å². The number of hydrogen-bond donors (Lipinski definition) is 2. The van der Waals surface area contributed by atoms with Crippen LogP contribution in [0.1, 0.15) is 0 Å². The van der Waals surface area contributed by atoms with Crippen LogP contribution in [-0.2, 0) is 4.79 Å². The molecule has 1 saturated heterocycles. The normalized spacial score (nSPS) is 26.4. The second kappa shape index (κ2) is 5.01. The number of aldehydes is 1. The Hall–Kier alpha value is 0.187. The molecule has 0 spiro atoms. The third kappa shape index (κ3) is 3.02. The van der Waals surface area contributed by atoms with Crippen LogP contribution < -0.4 is 10.6 Å². The number of carbonyl (C=O) groups is 1. The molecule has 1 unspecified atom stereocenters. The molecule has 0 amide bonds. The van der Waals surface area contributed by atoms with Gasteiger partial charge in [-0.25, -0.2) is 0 Å². The standard InChI is InChI=1S/C5H10N2O.Li.H/c8-4-5-3-6-1-2-7-5;;/h4-7H,1-3H2;;. The van der Waals surface area contributed by atoms with Gasteiger partial charge in [-0.05, 0) is 0 Å². The van der Waals surface area contributed by atoms with Crippen molar-refractivity contribution in [1.82, 2.24) is 10.6 Å². The zero-order valence-electron chi connectivity index (χ0n) is 4.68. The topological polar surface area (TPSA) is 41.1 Å². The van der Waals surface area contributed by atoms with Gasteiger partial charge in [0.1, 0.15) is 6.29 Å². The summed E-state index contributed by atoms with van der Waals surface area (Å²) in [5.74, 6) is 0. The van der Waals surface area contributed by atoms with E-state index in [1.807, 2.05) is 0 Å². The summed E-state index contributed by atoms with van der Waals surface area (Å²) in [7, 11) is 0. The summed E-state index contributed by atoms with van der Waals surface area (Å²) in [5, 5.41) is 6.13. The zero-order valence-corrected chi connectivity index (χ0v) is 4.68. The Kier molecular flexibility index (Phi) is 5.12. The fourth-order valence-electron chi connectivity index (χ4n) is 0.772. The third-order valence-electron chi connectivity index (χ3n) is 1.24. The number of nitrogens with one attached hydrogen (secondary N) is 2. The van der Waals surface area contributed by atoms with Crippen LogP contribution in [-0.4, -0.2) is 50.8 Å². The van der Waals surface area contributed by atoms with Gasteiger partial charge < -0.3 is 15.4 Å². The van der Waals surface area contributed by atoms with Gasteiger partial charge in [0.25, 0.3) is 0 Å². The van der Waals surface area contributed by atoms with Gasteiger partial charge in [0.15, 0.2) is 0 Å². The summed E-state index contributed by atoms with van der Waals surface area (Å²) in [5.41, 5.74) is 0. The van der Waals surface area contributed by atoms with E-state index in [0.717, 1.165) is 25.9 Å². The summed E-state index contributed by atoms with van der Waals surface area (Å²) in [4.78, 5) is 10.1. The molecule has 0 saturated carbocycles. The van der Waals surface area contributed by atoms with Crippen molar-refractivity contribution in [1.29, 1.82) is 0 Å². The predicted molar refractivity (Wildman–Crippen MR) is 37.9 cm³/mol. The van der Waals surface area contributed by atoms with Crippen LogP contribution in [0.15, 0.2) is 0 Å². The molecule has 0 aromatic rings. The molecule has 2 N–H and O–H groups in total. The van der Waals surface area contributed by atoms with Gasteiger partial charge in [-0.3, -0.25) is 0 Å². The fraction of sp³-hybridized carbons (Fsp3) is 0.800. The molecule has 1 fully saturated rings. The van der Waals surface area contributed by atoms with Crippen molar-refractivity contribution in [2.75, 3.05) is 19.6 Å². The Morgan fingerprint density at radius 2 is 2.22 bits per heavy atom. The van der Waals surface area contributed by atoms with Gasteiger partial charge in [0.2, 0.25) is 0 Å². The Bertz CT molecular complexity index is 83.0. The molecule has 1 aliphatic heterocycles. The van der Waals surface area contributed by atoms with Gasteiger partial charge in [0, 0.05) is 19.6 Å². The van der Waals surface area contributed by atoms with E-state index >= 15 is 0 Å². The van der Waals surface area contributed by atoms with Crippen LogP contribution in [0, 0.1) is 0 Å². The van der Waals surface area contributed by atoms with E-state index in [9.17, 15) is 4.79 Å². The first-order valence-electron chi connectivity index (χ1n) is 2.83. The molecule has 1 aliphatic rings. The molecule has 0 aromatic heterocycles. The van der Waals surface area contributed by atoms with E-state index in [2.05, 4.69) is 10.6 Å². The summed E-state index contributed by atoms with van der Waals surface area (Å²) < 4.78 is 0. The van der Waals surface area contributed by atoms with Gasteiger partial charge in [-0.1, -0.05) is 0 Å². The summed E-state index contributed by atoms with van der Waals surface area (Å²) in [6.45, 7) is 2.66. The monoisotopic (exact) mass is 122 g/mol. The molecule has 1 atom stereocenters. The Balaban J connectivity index is 0.000000640. The number of rotatable bonds is 1. The Morgan fingerprint density at radius 3 is 2.56 bits per heavy atom. The molecule has 0 bridgehead atoms. The summed E-state index contributed by atoms with van der Waals surface area (Å²) >= 11 is 0. The molecule has 3 nitrogen and oxygen atoms in total. The number of hydrogen-bond acceptors (Lipinski definition) is 3. The maximum atomic E-state index is 10.1. The van der Waals surface area contributed by atoms with Crippen molar-refractivity contribution in [3.63, 3.8) is 0 Å². The fourth-order valence-corrected chi connectivity index (χ4v) is 0.772. The minimum absolute atomic E-state index is 0. The average Bonchev–Trinajstić information content (AvgIpc) is 1.90. The van der Waals surface area contributed by atoms with Crippen LogP contribution >= 0.6 is 0 Å². The number of carbonyl (C=O) groups excluding carboxylic acids is 1. The second-order valence-electron chi connectivity index (χ2n) is 1.90. The van der Waals surface area contributed by atoms with Crippen LogP contribution in [0.2, 0.25) is 0 Å². The molecule has 4 heteroatoms. The van der Waals surface area contributed by atoms with E-state index in [4.69, 9.17) is 0 Å². The van der Waals surface area contributed by atoms with Crippen LogP contribution in [0.5, 0.6) is 0 Å². The molecular formula is C5H11LiN2O. The second-order valence-corrected chi connectivity index (χ2v) is 1.90. The maximum absolute atomic E-state index is 10.1. The van der Waals surface area contributed by atoms with Crippen molar-refractivity contribution in [3.05, 3.63) is 0 Å². The number of piperazine rings is 1. The first-order chi connectivity index (χ1) is 3.93. The van der Waals surface area contributed by atoms with E-state index in [1.165, 1.54) is 0 Å². The van der Waals surface area contributed by atoms with Gasteiger partial charge >= 0.3 is 18.9 Å². The molecule has 0 aliphatic carbocycles. The van der Waals surface area contributed by atoms with Crippen molar-refractivity contribution in [3.8, 4) is 0 Å². The van der Waals surface area contributed by atoms with Crippen LogP contribution in [0.4, 0.5) is 0 Å². The first kappa shape index (κ1) is 9.19. The molecule has 1 heterocycles. The van der Waals surface area contributed by atoms with Gasteiger partial charge in [-0.15, -0.1) is 0 Å². The van der Waals surface area contributed by atoms with Crippen molar-refractivity contribution in [2.45, 2.75) is 6.04 Å². The Labute approximate surface area is 66.8 Å². The van der Waals surface area contributed by atoms with Gasteiger partial charge in [-0.2, -0.15) is 0 Å². The minimum atomic E-state index is 0. The summed E-state index contributed by atoms with van der Waals surface area (Å²) in [6, 6.07) is 0.0451. The van der Waals surface area contributed by atoms with E-state index < -0.39 is 0 Å². The van der Waals surface area contributed by atoms with E-state index in [0.29, 0.717) is 0 Å². The summed E-state index contributed by atoms with van der Waals surface area (Å²) in [6.07, 6.45) is 0.937. The first-order valence-corrected chi connectivity index (χ1v) is 2.83. The van der Waals surface area contributed by atoms with Gasteiger partial charge in [0.05, 0.1) is 6.04 Å². The predicted octanol–water partition coefficient (Wildman–Crippen LogP) is -1.90. The van der Waals surface area contributed by atoms with Crippen molar-refractivity contribution < 1.29 is 4.79 Å². The molecule has 48 valence electrons. The zero-order chi connectivity index (χ0) is 5.82. The Morgan fingerprint density at radius 1 is 1.44 bits per heavy atom. The van der Waals surface area contributed by atoms with Crippen LogP contribution in [0.3, 0.4) is 0 Å². The average molecular weight is 122 g/mol. The quantitative estimate of drug-likeness (QED) is 0.315.